The minimum Gasteiger partial charge on any atom is -0.491 e. The number of aryl methyl sites for hydroxylation is 1. The Balaban J connectivity index is 0.795. The largest absolute Gasteiger partial charge is 0.491 e. The number of pyridine rings is 1. The van der Waals surface area contributed by atoms with E-state index >= 15 is 0 Å². The molecule has 4 atom stereocenters. The van der Waals surface area contributed by atoms with E-state index in [1.165, 1.54) is 5.56 Å². The van der Waals surface area contributed by atoms with Crippen molar-refractivity contribution in [1.29, 1.82) is 0 Å². The third kappa shape index (κ3) is 13.9. The molecule has 1 aliphatic carbocycles. The maximum atomic E-state index is 14.7. The van der Waals surface area contributed by atoms with Gasteiger partial charge >= 0.3 is 0 Å². The molecule has 8 rings (SSSR count). The van der Waals surface area contributed by atoms with Crippen molar-refractivity contribution < 1.29 is 46.5 Å². The Morgan fingerprint density at radius 2 is 1.51 bits per heavy atom. The first-order chi connectivity index (χ1) is 36.8. The van der Waals surface area contributed by atoms with E-state index in [9.17, 15) is 22.8 Å². The molecular weight excluding hydrogens is 1020 g/mol. The minimum atomic E-state index is -3.83. The lowest BCUT2D eigenvalue weighted by Crippen LogP contribution is -2.62. The van der Waals surface area contributed by atoms with E-state index < -0.39 is 38.1 Å². The average Bonchev–Trinajstić information content (AvgIpc) is 3.90. The highest BCUT2D eigenvalue weighted by Gasteiger charge is 2.43. The third-order valence-corrected chi connectivity index (χ3v) is 17.4. The fourth-order valence-electron chi connectivity index (χ4n) is 9.48. The van der Waals surface area contributed by atoms with Gasteiger partial charge in [-0.3, -0.25) is 19.4 Å². The zero-order valence-electron chi connectivity index (χ0n) is 45.4. The summed E-state index contributed by atoms with van der Waals surface area (Å²) in [5, 5.41) is 13.3. The number of ether oxygens (including phenoxy) is 5. The van der Waals surface area contributed by atoms with Crippen molar-refractivity contribution in [2.24, 2.45) is 5.41 Å². The van der Waals surface area contributed by atoms with Crippen molar-refractivity contribution in [3.63, 3.8) is 0 Å². The number of likely N-dealkylation sites (N-methyl/N-ethyl adjacent to an activating group) is 1. The molecule has 0 spiro atoms. The highest BCUT2D eigenvalue weighted by atomic mass is 32.2. The maximum absolute atomic E-state index is 14.7. The van der Waals surface area contributed by atoms with Crippen LogP contribution in [0.25, 0.3) is 21.1 Å². The monoisotopic (exact) mass is 1090 g/mol. The summed E-state index contributed by atoms with van der Waals surface area (Å²) in [6.07, 6.45) is 4.71. The van der Waals surface area contributed by atoms with Gasteiger partial charge in [0.15, 0.2) is 9.84 Å². The summed E-state index contributed by atoms with van der Waals surface area (Å²) in [7, 11) is -2.13. The Kier molecular flexibility index (Phi) is 18.5. The summed E-state index contributed by atoms with van der Waals surface area (Å²) in [6, 6.07) is 22.6. The van der Waals surface area contributed by atoms with Gasteiger partial charge in [0.1, 0.15) is 41.7 Å². The first-order valence-corrected chi connectivity index (χ1v) is 28.7. The van der Waals surface area contributed by atoms with E-state index in [1.54, 1.807) is 74.8 Å². The Morgan fingerprint density at radius 3 is 2.22 bits per heavy atom. The predicted octanol–water partition coefficient (Wildman–Crippen LogP) is 8.25. The molecule has 0 radical (unpaired) electrons. The number of hydrogen-bond donors (Lipinski definition) is 4. The van der Waals surface area contributed by atoms with Gasteiger partial charge in [-0.05, 0) is 124 Å². The number of amides is 3. The van der Waals surface area contributed by atoms with Crippen LogP contribution < -0.4 is 30.7 Å². The second-order valence-corrected chi connectivity index (χ2v) is 25.1. The van der Waals surface area contributed by atoms with Crippen LogP contribution in [0.2, 0.25) is 0 Å². The van der Waals surface area contributed by atoms with E-state index in [0.717, 1.165) is 51.9 Å². The second-order valence-electron chi connectivity index (χ2n) is 21.6. The molecular formula is C58H73N7O10S2. The summed E-state index contributed by atoms with van der Waals surface area (Å²) in [6.45, 7) is 14.8. The van der Waals surface area contributed by atoms with Crippen molar-refractivity contribution >= 4 is 71.4 Å². The molecule has 0 saturated heterocycles. The third-order valence-electron chi connectivity index (χ3n) is 14.0. The number of carbonyl (C=O) groups excluding carboxylic acids is 3. The van der Waals surface area contributed by atoms with E-state index in [1.807, 2.05) is 75.4 Å². The zero-order chi connectivity index (χ0) is 54.9. The molecule has 77 heavy (non-hydrogen) atoms. The quantitative estimate of drug-likeness (QED) is 0.0446. The SMILES string of the molecule is CN[C@@H](C)C(=O)N[C@H](C(=O)N1Cc2cc(OCCOCCOCCOCCOc3cc4nccc(Nc5ccc6scnc6c5)c4cc3S(=O)(=O)C(C)(C)C)ccc2C[C@H]1C(=O)N[C@H]1CCCc2ccccc21)C(C)(C)C. The van der Waals surface area contributed by atoms with Crippen molar-refractivity contribution in [1.82, 2.24) is 30.8 Å². The second kappa shape index (κ2) is 25.1. The number of aromatic nitrogens is 2. The maximum Gasteiger partial charge on any atom is 0.246 e. The van der Waals surface area contributed by atoms with Crippen LogP contribution >= 0.6 is 11.3 Å². The minimum absolute atomic E-state index is 0.0750. The molecule has 2 aromatic heterocycles. The number of carbonyl (C=O) groups is 3. The Hall–Kier alpha value is -6.22. The number of benzene rings is 4. The molecule has 3 heterocycles. The van der Waals surface area contributed by atoms with Gasteiger partial charge in [0.05, 0.1) is 77.7 Å². The van der Waals surface area contributed by atoms with Crippen LogP contribution in [0.3, 0.4) is 0 Å². The van der Waals surface area contributed by atoms with E-state index in [-0.39, 0.29) is 60.8 Å². The van der Waals surface area contributed by atoms with Crippen LogP contribution in [0.1, 0.15) is 89.6 Å². The highest BCUT2D eigenvalue weighted by molar-refractivity contribution is 7.92. The number of nitrogens with zero attached hydrogens (tertiary/aromatic N) is 3. The standard InChI is InChI=1S/C58H73N7O10S2/c1-37(59-8)54(66)64-53(57(2,3)4)56(68)65-35-40-30-42(18-16-39(40)31-49(65)55(67)63-45-15-11-13-38-12-9-10-14-43(38)45)74-28-26-72-24-22-71-23-25-73-27-29-75-50-34-47-44(33-52(50)77(69,70)58(5,6)7)46(20-21-60-47)62-41-17-19-51-48(32-41)61-36-76-51/h9-10,12,14,16-21,30,32-34,36-37,45,49,53,59H,11,13,15,22-29,31,35H2,1-8H3,(H,60,62)(H,63,67)(H,64,66)/t37-,45-,49-,53+/m0/s1. The van der Waals surface area contributed by atoms with Gasteiger partial charge in [0, 0.05) is 42.0 Å². The van der Waals surface area contributed by atoms with Crippen molar-refractivity contribution in [2.45, 2.75) is 115 Å². The van der Waals surface area contributed by atoms with Gasteiger partial charge in [0.25, 0.3) is 0 Å². The number of hydrogen-bond acceptors (Lipinski definition) is 15. The Bertz CT molecular complexity index is 3150. The molecule has 0 fully saturated rings. The summed E-state index contributed by atoms with van der Waals surface area (Å²) < 4.78 is 57.3. The molecule has 0 saturated carbocycles. The van der Waals surface area contributed by atoms with Crippen LogP contribution in [0.15, 0.2) is 95.5 Å². The van der Waals surface area contributed by atoms with Gasteiger partial charge in [-0.15, -0.1) is 11.3 Å². The molecule has 4 aromatic carbocycles. The van der Waals surface area contributed by atoms with E-state index in [0.29, 0.717) is 61.8 Å². The summed E-state index contributed by atoms with van der Waals surface area (Å²) in [4.78, 5) is 52.9. The predicted molar refractivity (Wildman–Crippen MR) is 300 cm³/mol. The van der Waals surface area contributed by atoms with Crippen molar-refractivity contribution in [3.8, 4) is 11.5 Å². The van der Waals surface area contributed by atoms with Gasteiger partial charge in [-0.2, -0.15) is 0 Å². The van der Waals surface area contributed by atoms with Gasteiger partial charge in [-0.25, -0.2) is 13.4 Å². The number of fused-ring (bicyclic) bond motifs is 4. The fourth-order valence-corrected chi connectivity index (χ4v) is 11.5. The van der Waals surface area contributed by atoms with Gasteiger partial charge < -0.3 is 49.9 Å². The molecule has 19 heteroatoms. The number of rotatable bonds is 23. The highest BCUT2D eigenvalue weighted by Crippen LogP contribution is 2.39. The first-order valence-electron chi connectivity index (χ1n) is 26.4. The van der Waals surface area contributed by atoms with E-state index in [4.69, 9.17) is 23.7 Å². The zero-order valence-corrected chi connectivity index (χ0v) is 47.0. The van der Waals surface area contributed by atoms with Crippen molar-refractivity contribution in [2.75, 3.05) is 65.2 Å². The van der Waals surface area contributed by atoms with E-state index in [2.05, 4.69) is 43.4 Å². The molecule has 0 bridgehead atoms. The first kappa shape index (κ1) is 57.0. The molecule has 17 nitrogen and oxygen atoms in total. The summed E-state index contributed by atoms with van der Waals surface area (Å²) in [5.41, 5.74) is 8.26. The van der Waals surface area contributed by atoms with Crippen molar-refractivity contribution in [3.05, 3.63) is 113 Å². The summed E-state index contributed by atoms with van der Waals surface area (Å²) >= 11 is 1.56. The van der Waals surface area contributed by atoms with Crippen LogP contribution in [-0.2, 0) is 57.8 Å². The number of thiazole rings is 1. The van der Waals surface area contributed by atoms with Crippen LogP contribution in [0, 0.1) is 5.41 Å². The summed E-state index contributed by atoms with van der Waals surface area (Å²) in [5.74, 6) is -0.0348. The molecule has 2 aliphatic rings. The van der Waals surface area contributed by atoms with Crippen LogP contribution in [0.4, 0.5) is 11.4 Å². The van der Waals surface area contributed by atoms with Crippen LogP contribution in [0.5, 0.6) is 11.5 Å². The lowest BCUT2D eigenvalue weighted by Gasteiger charge is -2.41. The molecule has 412 valence electrons. The van der Waals surface area contributed by atoms with Gasteiger partial charge in [-0.1, -0.05) is 51.1 Å². The van der Waals surface area contributed by atoms with Crippen LogP contribution in [-0.4, -0.2) is 124 Å². The number of sulfone groups is 1. The molecule has 4 N–H and O–H groups in total. The average molecular weight is 1090 g/mol. The number of nitrogens with one attached hydrogen (secondary N) is 4. The lowest BCUT2D eigenvalue weighted by molar-refractivity contribution is -0.147. The Morgan fingerprint density at radius 1 is 0.792 bits per heavy atom. The molecule has 0 unspecified atom stereocenters. The smallest absolute Gasteiger partial charge is 0.246 e. The lowest BCUT2D eigenvalue weighted by atomic mass is 9.83. The van der Waals surface area contributed by atoms with Gasteiger partial charge in [0.2, 0.25) is 17.7 Å². The molecule has 3 amide bonds. The Labute approximate surface area is 456 Å². The molecule has 6 aromatic rings. The molecule has 1 aliphatic heterocycles. The topological polar surface area (TPSA) is 209 Å². The normalized spacial score (nSPS) is 16.5. The fraction of sp³-hybridized carbons (Fsp3) is 0.466. The number of anilines is 2.